The van der Waals surface area contributed by atoms with E-state index in [9.17, 15) is 9.59 Å². The Bertz CT molecular complexity index is 678. The summed E-state index contributed by atoms with van der Waals surface area (Å²) in [5.74, 6) is 1.34. The number of piperidine rings is 1. The number of hydrogen-bond acceptors (Lipinski definition) is 6. The third-order valence-corrected chi connectivity index (χ3v) is 4.83. The number of ketones is 1. The van der Waals surface area contributed by atoms with Gasteiger partial charge in [0.1, 0.15) is 0 Å². The maximum Gasteiger partial charge on any atom is 0.309 e. The summed E-state index contributed by atoms with van der Waals surface area (Å²) in [5, 5.41) is 0. The first kappa shape index (κ1) is 22.0. The van der Waals surface area contributed by atoms with Crippen molar-refractivity contribution in [3.05, 3.63) is 29.8 Å². The Morgan fingerprint density at radius 1 is 1.14 bits per heavy atom. The lowest BCUT2D eigenvalue weighted by Gasteiger charge is -2.30. The van der Waals surface area contributed by atoms with E-state index in [0.717, 1.165) is 31.5 Å². The largest absolute Gasteiger partial charge is 0.493 e. The van der Waals surface area contributed by atoms with Gasteiger partial charge in [-0.2, -0.15) is 0 Å². The fourth-order valence-electron chi connectivity index (χ4n) is 3.26. The summed E-state index contributed by atoms with van der Waals surface area (Å²) in [4.78, 5) is 26.2. The number of methoxy groups -OCH3 is 1. The number of carbonyl (C=O) groups is 2. The fraction of sp³-hybridized carbons (Fsp3) is 0.545. The van der Waals surface area contributed by atoms with Crippen molar-refractivity contribution < 1.29 is 23.8 Å². The second-order valence-electron chi connectivity index (χ2n) is 6.76. The van der Waals surface area contributed by atoms with Gasteiger partial charge in [0.15, 0.2) is 17.3 Å². The molecule has 6 heteroatoms. The Labute approximate surface area is 167 Å². The molecule has 1 saturated heterocycles. The highest BCUT2D eigenvalue weighted by atomic mass is 16.5. The number of likely N-dealkylation sites (tertiary alicyclic amines) is 1. The molecule has 0 amide bonds. The molecule has 0 bridgehead atoms. The summed E-state index contributed by atoms with van der Waals surface area (Å²) >= 11 is 0. The van der Waals surface area contributed by atoms with Gasteiger partial charge in [-0.05, 0) is 63.6 Å². The fourth-order valence-corrected chi connectivity index (χ4v) is 3.26. The van der Waals surface area contributed by atoms with Crippen molar-refractivity contribution in [3.63, 3.8) is 0 Å². The molecule has 0 unspecified atom stereocenters. The molecule has 28 heavy (non-hydrogen) atoms. The lowest BCUT2D eigenvalue weighted by atomic mass is 9.97. The van der Waals surface area contributed by atoms with E-state index in [2.05, 4.69) is 4.90 Å². The van der Waals surface area contributed by atoms with Crippen LogP contribution in [0.25, 0.3) is 6.08 Å². The molecule has 1 fully saturated rings. The van der Waals surface area contributed by atoms with Crippen molar-refractivity contribution in [2.45, 2.75) is 33.1 Å². The van der Waals surface area contributed by atoms with Gasteiger partial charge in [0.05, 0.1) is 26.2 Å². The van der Waals surface area contributed by atoms with Crippen LogP contribution in [0.1, 0.15) is 38.7 Å². The zero-order valence-corrected chi connectivity index (χ0v) is 17.1. The van der Waals surface area contributed by atoms with Gasteiger partial charge < -0.3 is 19.1 Å². The molecular formula is C22H31NO5. The van der Waals surface area contributed by atoms with E-state index in [-0.39, 0.29) is 17.7 Å². The summed E-state index contributed by atoms with van der Waals surface area (Å²) in [6.07, 6.45) is 5.48. The van der Waals surface area contributed by atoms with E-state index in [4.69, 9.17) is 14.2 Å². The SMILES string of the molecule is CCOC(=O)C1CCN(CCC(=O)/C=C/c2ccc(OCC)c(OC)c2)CC1. The van der Waals surface area contributed by atoms with Crippen molar-refractivity contribution >= 4 is 17.8 Å². The van der Waals surface area contributed by atoms with Crippen LogP contribution in [-0.4, -0.2) is 56.6 Å². The van der Waals surface area contributed by atoms with Crippen LogP contribution < -0.4 is 9.47 Å². The van der Waals surface area contributed by atoms with Crippen LogP contribution in [-0.2, 0) is 14.3 Å². The quantitative estimate of drug-likeness (QED) is 0.452. The van der Waals surface area contributed by atoms with Crippen LogP contribution in [0, 0.1) is 5.92 Å². The van der Waals surface area contributed by atoms with Crippen LogP contribution >= 0.6 is 0 Å². The summed E-state index contributed by atoms with van der Waals surface area (Å²) in [6, 6.07) is 5.60. The minimum atomic E-state index is -0.0908. The van der Waals surface area contributed by atoms with Gasteiger partial charge in [0.2, 0.25) is 0 Å². The topological polar surface area (TPSA) is 65.1 Å². The van der Waals surface area contributed by atoms with Gasteiger partial charge >= 0.3 is 5.97 Å². The monoisotopic (exact) mass is 389 g/mol. The van der Waals surface area contributed by atoms with E-state index in [1.807, 2.05) is 32.0 Å². The van der Waals surface area contributed by atoms with Gasteiger partial charge in [-0.15, -0.1) is 0 Å². The van der Waals surface area contributed by atoms with Crippen LogP contribution in [0.3, 0.4) is 0 Å². The molecule has 6 nitrogen and oxygen atoms in total. The molecule has 0 atom stereocenters. The molecule has 1 aliphatic rings. The summed E-state index contributed by atoms with van der Waals surface area (Å²) in [5.41, 5.74) is 0.893. The van der Waals surface area contributed by atoms with Gasteiger partial charge in [0, 0.05) is 13.0 Å². The molecule has 0 N–H and O–H groups in total. The molecule has 0 saturated carbocycles. The average molecular weight is 389 g/mol. The van der Waals surface area contributed by atoms with Crippen molar-refractivity contribution in [2.24, 2.45) is 5.92 Å². The van der Waals surface area contributed by atoms with Gasteiger partial charge in [-0.1, -0.05) is 12.1 Å². The number of ether oxygens (including phenoxy) is 3. The highest BCUT2D eigenvalue weighted by molar-refractivity contribution is 5.93. The summed E-state index contributed by atoms with van der Waals surface area (Å²) < 4.78 is 15.9. The summed E-state index contributed by atoms with van der Waals surface area (Å²) in [6.45, 7) is 7.13. The zero-order chi connectivity index (χ0) is 20.4. The lowest BCUT2D eigenvalue weighted by Crippen LogP contribution is -2.37. The molecular weight excluding hydrogens is 358 g/mol. The van der Waals surface area contributed by atoms with Crippen molar-refractivity contribution in [1.29, 1.82) is 0 Å². The molecule has 0 aliphatic carbocycles. The predicted octanol–water partition coefficient (Wildman–Crippen LogP) is 3.34. The first-order chi connectivity index (χ1) is 13.6. The Hall–Kier alpha value is -2.34. The molecule has 1 heterocycles. The predicted molar refractivity (Wildman–Crippen MR) is 109 cm³/mol. The maximum atomic E-state index is 12.2. The molecule has 1 aromatic rings. The Morgan fingerprint density at radius 3 is 2.54 bits per heavy atom. The Kier molecular flexibility index (Phi) is 9.01. The van der Waals surface area contributed by atoms with E-state index in [1.54, 1.807) is 19.3 Å². The second-order valence-corrected chi connectivity index (χ2v) is 6.76. The average Bonchev–Trinajstić information content (AvgIpc) is 2.72. The lowest BCUT2D eigenvalue weighted by molar-refractivity contribution is -0.149. The standard InChI is InChI=1S/C22H31NO5/c1-4-27-20-9-7-17(16-21(20)26-3)6-8-19(24)12-15-23-13-10-18(11-14-23)22(25)28-5-2/h6-9,16,18H,4-5,10-15H2,1-3H3/b8-6+. The third kappa shape index (κ3) is 6.68. The Morgan fingerprint density at radius 2 is 1.89 bits per heavy atom. The minimum Gasteiger partial charge on any atom is -0.493 e. The van der Waals surface area contributed by atoms with Crippen LogP contribution in [0.4, 0.5) is 0 Å². The third-order valence-electron chi connectivity index (χ3n) is 4.83. The number of esters is 1. The van der Waals surface area contributed by atoms with Crippen molar-refractivity contribution in [1.82, 2.24) is 4.90 Å². The van der Waals surface area contributed by atoms with E-state index < -0.39 is 0 Å². The molecule has 2 rings (SSSR count). The molecule has 0 spiro atoms. The number of benzene rings is 1. The van der Waals surface area contributed by atoms with E-state index in [1.165, 1.54) is 0 Å². The van der Waals surface area contributed by atoms with Gasteiger partial charge in [-0.3, -0.25) is 9.59 Å². The van der Waals surface area contributed by atoms with Crippen LogP contribution in [0.2, 0.25) is 0 Å². The number of hydrogen-bond donors (Lipinski definition) is 0. The normalized spacial score (nSPS) is 15.5. The van der Waals surface area contributed by atoms with Crippen LogP contribution in [0.15, 0.2) is 24.3 Å². The van der Waals surface area contributed by atoms with Crippen LogP contribution in [0.5, 0.6) is 11.5 Å². The second kappa shape index (κ2) is 11.5. The number of rotatable bonds is 10. The molecule has 0 aromatic heterocycles. The van der Waals surface area contributed by atoms with Gasteiger partial charge in [0.25, 0.3) is 0 Å². The van der Waals surface area contributed by atoms with E-state index >= 15 is 0 Å². The zero-order valence-electron chi connectivity index (χ0n) is 17.1. The highest BCUT2D eigenvalue weighted by Crippen LogP contribution is 2.28. The number of carbonyl (C=O) groups excluding carboxylic acids is 2. The molecule has 1 aromatic carbocycles. The molecule has 0 radical (unpaired) electrons. The highest BCUT2D eigenvalue weighted by Gasteiger charge is 2.25. The Balaban J connectivity index is 1.78. The van der Waals surface area contributed by atoms with Gasteiger partial charge in [-0.25, -0.2) is 0 Å². The number of allylic oxidation sites excluding steroid dienone is 1. The van der Waals surface area contributed by atoms with Crippen molar-refractivity contribution in [2.75, 3.05) is 40.0 Å². The first-order valence-electron chi connectivity index (χ1n) is 9.98. The molecule has 154 valence electrons. The molecule has 1 aliphatic heterocycles. The maximum absolute atomic E-state index is 12.2. The van der Waals surface area contributed by atoms with Crippen molar-refractivity contribution in [3.8, 4) is 11.5 Å². The van der Waals surface area contributed by atoms with E-state index in [0.29, 0.717) is 37.7 Å². The smallest absolute Gasteiger partial charge is 0.309 e. The minimum absolute atomic E-state index is 0.00133. The number of nitrogens with zero attached hydrogens (tertiary/aromatic N) is 1. The first-order valence-corrected chi connectivity index (χ1v) is 9.98. The summed E-state index contributed by atoms with van der Waals surface area (Å²) in [7, 11) is 1.60.